The van der Waals surface area contributed by atoms with E-state index < -0.39 is 0 Å². The van der Waals surface area contributed by atoms with Crippen LogP contribution in [0, 0.1) is 13.8 Å². The fourth-order valence-electron chi connectivity index (χ4n) is 3.23. The summed E-state index contributed by atoms with van der Waals surface area (Å²) in [5.41, 5.74) is 3.06. The van der Waals surface area contributed by atoms with Crippen molar-refractivity contribution in [1.29, 1.82) is 0 Å². The van der Waals surface area contributed by atoms with E-state index in [4.69, 9.17) is 5.84 Å². The number of amides is 1. The van der Waals surface area contributed by atoms with Gasteiger partial charge in [0, 0.05) is 23.7 Å². The lowest BCUT2D eigenvalue weighted by atomic mass is 10.1. The third kappa shape index (κ3) is 3.34. The molecule has 0 saturated heterocycles. The third-order valence-corrected chi connectivity index (χ3v) is 6.66. The first kappa shape index (κ1) is 18.1. The molecule has 27 heavy (non-hydrogen) atoms. The highest BCUT2D eigenvalue weighted by Crippen LogP contribution is 2.28. The van der Waals surface area contributed by atoms with Gasteiger partial charge in [-0.2, -0.15) is 5.10 Å². The van der Waals surface area contributed by atoms with E-state index in [1.54, 1.807) is 16.0 Å². The molecule has 0 fully saturated rings. The van der Waals surface area contributed by atoms with Gasteiger partial charge in [0.2, 0.25) is 11.1 Å². The summed E-state index contributed by atoms with van der Waals surface area (Å²) in [5, 5.41) is 15.0. The zero-order chi connectivity index (χ0) is 19.1. The summed E-state index contributed by atoms with van der Waals surface area (Å²) in [6.07, 6.45) is 0.922. The molecule has 0 spiro atoms. The second-order valence-corrected chi connectivity index (χ2v) is 8.94. The molecule has 10 heteroatoms. The minimum absolute atomic E-state index is 0.0903. The third-order valence-electron chi connectivity index (χ3n) is 4.59. The summed E-state index contributed by atoms with van der Waals surface area (Å²) in [4.78, 5) is 16.2. The fourth-order valence-corrected chi connectivity index (χ4v) is 4.97. The molecule has 1 atom stereocenters. The van der Waals surface area contributed by atoms with Crippen molar-refractivity contribution in [2.75, 3.05) is 12.4 Å². The predicted octanol–water partition coefficient (Wildman–Crippen LogP) is 1.92. The molecule has 0 aromatic carbocycles. The number of nitrogen functional groups attached to an aromatic ring is 1. The molecule has 1 aliphatic heterocycles. The van der Waals surface area contributed by atoms with Crippen LogP contribution in [0.3, 0.4) is 0 Å². The molecule has 8 nitrogen and oxygen atoms in total. The van der Waals surface area contributed by atoms with Crippen LogP contribution >= 0.6 is 23.1 Å². The van der Waals surface area contributed by atoms with Gasteiger partial charge >= 0.3 is 0 Å². The summed E-state index contributed by atoms with van der Waals surface area (Å²) in [6.45, 7) is 7.16. The van der Waals surface area contributed by atoms with Crippen molar-refractivity contribution >= 4 is 29.0 Å². The van der Waals surface area contributed by atoms with E-state index in [0.717, 1.165) is 24.4 Å². The summed E-state index contributed by atoms with van der Waals surface area (Å²) in [7, 11) is 0. The quantitative estimate of drug-likeness (QED) is 0.528. The second-order valence-electron chi connectivity index (χ2n) is 6.63. The van der Waals surface area contributed by atoms with Crippen LogP contribution in [0.15, 0.2) is 22.7 Å². The van der Waals surface area contributed by atoms with Gasteiger partial charge in [0.05, 0.1) is 10.9 Å². The van der Waals surface area contributed by atoms with E-state index in [0.29, 0.717) is 17.6 Å². The van der Waals surface area contributed by atoms with Crippen molar-refractivity contribution < 1.29 is 4.79 Å². The molecule has 2 N–H and O–H groups in total. The number of thioether (sulfide) groups is 1. The van der Waals surface area contributed by atoms with Crippen LogP contribution in [-0.4, -0.2) is 47.3 Å². The minimum Gasteiger partial charge on any atom is -0.337 e. The SMILES string of the molecule is Cc1cc(C)n(-c2nnc(SC(C)C(=O)N3CCc4sccc4C3)n2N)n1. The van der Waals surface area contributed by atoms with E-state index in [9.17, 15) is 4.79 Å². The van der Waals surface area contributed by atoms with E-state index >= 15 is 0 Å². The van der Waals surface area contributed by atoms with Gasteiger partial charge in [-0.05, 0) is 50.3 Å². The van der Waals surface area contributed by atoms with E-state index in [1.165, 1.54) is 26.9 Å². The number of hydrogen-bond acceptors (Lipinski definition) is 7. The van der Waals surface area contributed by atoms with Crippen molar-refractivity contribution in [2.24, 2.45) is 0 Å². The predicted molar refractivity (Wildman–Crippen MR) is 106 cm³/mol. The van der Waals surface area contributed by atoms with Gasteiger partial charge in [0.15, 0.2) is 0 Å². The Labute approximate surface area is 165 Å². The zero-order valence-corrected chi connectivity index (χ0v) is 17.0. The van der Waals surface area contributed by atoms with Crippen molar-refractivity contribution in [2.45, 2.75) is 44.1 Å². The van der Waals surface area contributed by atoms with Crippen LogP contribution < -0.4 is 5.84 Å². The highest BCUT2D eigenvalue weighted by molar-refractivity contribution is 8.00. The monoisotopic (exact) mass is 403 g/mol. The average molecular weight is 404 g/mol. The van der Waals surface area contributed by atoms with Crippen molar-refractivity contribution in [3.63, 3.8) is 0 Å². The Morgan fingerprint density at radius 1 is 1.37 bits per heavy atom. The number of aryl methyl sites for hydroxylation is 2. The van der Waals surface area contributed by atoms with Gasteiger partial charge in [-0.15, -0.1) is 21.5 Å². The molecular formula is C17H21N7OS2. The van der Waals surface area contributed by atoms with E-state index in [1.807, 2.05) is 31.7 Å². The Morgan fingerprint density at radius 2 is 2.19 bits per heavy atom. The number of carbonyl (C=O) groups is 1. The highest BCUT2D eigenvalue weighted by atomic mass is 32.2. The smallest absolute Gasteiger partial charge is 0.271 e. The number of hydrogen-bond donors (Lipinski definition) is 1. The maximum atomic E-state index is 12.9. The lowest BCUT2D eigenvalue weighted by molar-refractivity contribution is -0.131. The minimum atomic E-state index is -0.301. The fraction of sp³-hybridized carbons (Fsp3) is 0.412. The van der Waals surface area contributed by atoms with Crippen molar-refractivity contribution in [3.05, 3.63) is 39.3 Å². The summed E-state index contributed by atoms with van der Waals surface area (Å²) in [5.74, 6) is 6.70. The molecular weight excluding hydrogens is 382 g/mol. The first-order valence-corrected chi connectivity index (χ1v) is 10.4. The number of nitrogens with two attached hydrogens (primary N) is 1. The molecule has 1 amide bonds. The molecule has 3 aromatic heterocycles. The summed E-state index contributed by atoms with van der Waals surface area (Å²) in [6, 6.07) is 4.05. The standard InChI is InChI=1S/C17H21N7OS2/c1-10-8-11(2)24(21-10)16-19-20-17(23(16)18)27-12(3)15(25)22-6-4-14-13(9-22)5-7-26-14/h5,7-8,12H,4,6,9,18H2,1-3H3. The second kappa shape index (κ2) is 7.01. The Kier molecular flexibility index (Phi) is 4.68. The molecule has 1 aliphatic rings. The van der Waals surface area contributed by atoms with Gasteiger partial charge in [-0.3, -0.25) is 4.79 Å². The van der Waals surface area contributed by atoms with Crippen LogP contribution in [0.2, 0.25) is 0 Å². The maximum absolute atomic E-state index is 12.9. The molecule has 142 valence electrons. The summed E-state index contributed by atoms with van der Waals surface area (Å²) < 4.78 is 3.04. The number of carbonyl (C=O) groups excluding carboxylic acids is 1. The molecule has 4 rings (SSSR count). The van der Waals surface area contributed by atoms with Crippen LogP contribution in [0.4, 0.5) is 0 Å². The number of aromatic nitrogens is 5. The Balaban J connectivity index is 1.48. The van der Waals surface area contributed by atoms with Gasteiger partial charge < -0.3 is 10.7 Å². The number of nitrogens with zero attached hydrogens (tertiary/aromatic N) is 6. The maximum Gasteiger partial charge on any atom is 0.271 e. The first-order chi connectivity index (χ1) is 12.9. The molecule has 3 aromatic rings. The highest BCUT2D eigenvalue weighted by Gasteiger charge is 2.27. The number of rotatable bonds is 4. The van der Waals surface area contributed by atoms with Crippen LogP contribution in [0.25, 0.3) is 5.95 Å². The molecule has 0 bridgehead atoms. The Bertz CT molecular complexity index is 989. The molecule has 0 aliphatic carbocycles. The zero-order valence-electron chi connectivity index (χ0n) is 15.4. The van der Waals surface area contributed by atoms with Gasteiger partial charge in [-0.1, -0.05) is 11.8 Å². The molecule has 1 unspecified atom stereocenters. The number of thiophene rings is 1. The van der Waals surface area contributed by atoms with Crippen LogP contribution in [-0.2, 0) is 17.8 Å². The molecule has 0 saturated carbocycles. The average Bonchev–Trinajstić information content (AvgIpc) is 3.33. The lowest BCUT2D eigenvalue weighted by Gasteiger charge is -2.29. The topological polar surface area (TPSA) is 94.9 Å². The van der Waals surface area contributed by atoms with Crippen LogP contribution in [0.1, 0.15) is 28.8 Å². The van der Waals surface area contributed by atoms with Crippen LogP contribution in [0.5, 0.6) is 0 Å². The van der Waals surface area contributed by atoms with Gasteiger partial charge in [0.25, 0.3) is 5.95 Å². The molecule has 0 radical (unpaired) electrons. The number of fused-ring (bicyclic) bond motifs is 1. The normalized spacial score (nSPS) is 15.0. The first-order valence-electron chi connectivity index (χ1n) is 8.69. The Morgan fingerprint density at radius 3 is 2.93 bits per heavy atom. The van der Waals surface area contributed by atoms with Crippen molar-refractivity contribution in [3.8, 4) is 5.95 Å². The summed E-state index contributed by atoms with van der Waals surface area (Å²) >= 11 is 3.08. The van der Waals surface area contributed by atoms with Gasteiger partial charge in [-0.25, -0.2) is 9.36 Å². The lowest BCUT2D eigenvalue weighted by Crippen LogP contribution is -2.39. The Hall–Kier alpha value is -2.33. The van der Waals surface area contributed by atoms with E-state index in [-0.39, 0.29) is 11.2 Å². The molecule has 4 heterocycles. The van der Waals surface area contributed by atoms with Gasteiger partial charge in [0.1, 0.15) is 0 Å². The van der Waals surface area contributed by atoms with Crippen molar-refractivity contribution in [1.82, 2.24) is 29.6 Å². The largest absolute Gasteiger partial charge is 0.337 e. The van der Waals surface area contributed by atoms with E-state index in [2.05, 4.69) is 26.7 Å².